The summed E-state index contributed by atoms with van der Waals surface area (Å²) in [5.74, 6) is 1.26. The molecule has 0 unspecified atom stereocenters. The number of halogens is 2. The largest absolute Gasteiger partial charge is 0.379 e. The highest BCUT2D eigenvalue weighted by Crippen LogP contribution is 2.31. The van der Waals surface area contributed by atoms with Crippen molar-refractivity contribution in [3.63, 3.8) is 0 Å². The first-order valence-corrected chi connectivity index (χ1v) is 11.6. The Hall–Kier alpha value is -1.86. The lowest BCUT2D eigenvalue weighted by atomic mass is 9.93. The van der Waals surface area contributed by atoms with Crippen LogP contribution in [0.4, 0.5) is 11.5 Å². The highest BCUT2D eigenvalue weighted by atomic mass is 35.5. The van der Waals surface area contributed by atoms with E-state index in [0.717, 1.165) is 70.5 Å². The monoisotopic (exact) mass is 462 g/mol. The van der Waals surface area contributed by atoms with Gasteiger partial charge in [0.25, 0.3) is 5.91 Å². The second-order valence-electron chi connectivity index (χ2n) is 8.16. The number of anilines is 2. The molecule has 8 heteroatoms. The van der Waals surface area contributed by atoms with E-state index in [1.54, 1.807) is 36.5 Å². The maximum absolute atomic E-state index is 12.7. The van der Waals surface area contributed by atoms with Crippen molar-refractivity contribution in [2.24, 2.45) is 5.92 Å². The normalized spacial score (nSPS) is 18.2. The molecule has 166 valence electrons. The second-order valence-corrected chi connectivity index (χ2v) is 9.04. The van der Waals surface area contributed by atoms with Crippen LogP contribution < -0.4 is 10.2 Å². The summed E-state index contributed by atoms with van der Waals surface area (Å²) in [6.07, 6.45) is 5.10. The number of piperidine rings is 1. The fraction of sp³-hybridized carbons (Fsp3) is 0.478. The number of morpholine rings is 1. The van der Waals surface area contributed by atoms with Crippen molar-refractivity contribution in [1.29, 1.82) is 0 Å². The molecule has 0 bridgehead atoms. The van der Waals surface area contributed by atoms with E-state index in [4.69, 9.17) is 27.9 Å². The van der Waals surface area contributed by atoms with Gasteiger partial charge in [0.05, 0.1) is 23.9 Å². The van der Waals surface area contributed by atoms with Gasteiger partial charge in [-0.15, -0.1) is 0 Å². The van der Waals surface area contributed by atoms with Gasteiger partial charge in [0.2, 0.25) is 0 Å². The summed E-state index contributed by atoms with van der Waals surface area (Å²) in [5.41, 5.74) is 1.13. The summed E-state index contributed by atoms with van der Waals surface area (Å²) >= 11 is 12.2. The summed E-state index contributed by atoms with van der Waals surface area (Å²) in [6, 6.07) is 8.65. The Kier molecular flexibility index (Phi) is 7.67. The number of hydrogen-bond acceptors (Lipinski definition) is 5. The fourth-order valence-electron chi connectivity index (χ4n) is 4.22. The van der Waals surface area contributed by atoms with Gasteiger partial charge in [-0.25, -0.2) is 4.98 Å². The Labute approximate surface area is 193 Å². The topological polar surface area (TPSA) is 57.7 Å². The predicted octanol–water partition coefficient (Wildman–Crippen LogP) is 4.58. The van der Waals surface area contributed by atoms with Gasteiger partial charge < -0.3 is 15.0 Å². The Morgan fingerprint density at radius 3 is 2.61 bits per heavy atom. The average molecular weight is 463 g/mol. The number of hydrogen-bond donors (Lipinski definition) is 1. The molecule has 0 atom stereocenters. The summed E-state index contributed by atoms with van der Waals surface area (Å²) in [7, 11) is 0. The number of benzene rings is 1. The Bertz CT molecular complexity index is 897. The van der Waals surface area contributed by atoms with Crippen LogP contribution in [-0.2, 0) is 4.74 Å². The standard InChI is InChI=1S/C23H28Cl2N4O2/c24-19-3-1-2-18(14-19)23(30)27-21-15-20(25)16-26-22(21)29-8-5-17(6-9-29)4-7-28-10-12-31-13-11-28/h1-3,14-17H,4-13H2,(H,27,30). The number of ether oxygens (including phenoxy) is 1. The SMILES string of the molecule is O=C(Nc1cc(Cl)cnc1N1CCC(CCN2CCOCC2)CC1)c1cccc(Cl)c1. The van der Waals surface area contributed by atoms with Gasteiger partial charge >= 0.3 is 0 Å². The maximum atomic E-state index is 12.7. The molecule has 2 aliphatic rings. The Balaban J connectivity index is 1.37. The van der Waals surface area contributed by atoms with Gasteiger partial charge in [-0.3, -0.25) is 9.69 Å². The van der Waals surface area contributed by atoms with Crippen LogP contribution in [-0.4, -0.2) is 61.7 Å². The van der Waals surface area contributed by atoms with Crippen LogP contribution in [0, 0.1) is 5.92 Å². The number of aromatic nitrogens is 1. The third-order valence-corrected chi connectivity index (χ3v) is 6.48. The minimum Gasteiger partial charge on any atom is -0.379 e. The molecule has 4 rings (SSSR count). The molecule has 6 nitrogen and oxygen atoms in total. The molecule has 1 amide bonds. The zero-order chi connectivity index (χ0) is 21.6. The zero-order valence-corrected chi connectivity index (χ0v) is 19.0. The fourth-order valence-corrected chi connectivity index (χ4v) is 4.57. The summed E-state index contributed by atoms with van der Waals surface area (Å²) < 4.78 is 5.43. The van der Waals surface area contributed by atoms with E-state index in [0.29, 0.717) is 21.3 Å². The number of rotatable bonds is 6. The average Bonchev–Trinajstić information content (AvgIpc) is 2.79. The van der Waals surface area contributed by atoms with Crippen LogP contribution in [0.1, 0.15) is 29.6 Å². The smallest absolute Gasteiger partial charge is 0.255 e. The van der Waals surface area contributed by atoms with Crippen molar-refractivity contribution in [3.05, 3.63) is 52.1 Å². The Morgan fingerprint density at radius 2 is 1.87 bits per heavy atom. The van der Waals surface area contributed by atoms with Crippen LogP contribution in [0.25, 0.3) is 0 Å². The third-order valence-electron chi connectivity index (χ3n) is 6.04. The van der Waals surface area contributed by atoms with E-state index in [2.05, 4.69) is 20.1 Å². The van der Waals surface area contributed by atoms with Crippen molar-refractivity contribution >= 4 is 40.6 Å². The highest BCUT2D eigenvalue weighted by Gasteiger charge is 2.24. The van der Waals surface area contributed by atoms with Crippen molar-refractivity contribution in [1.82, 2.24) is 9.88 Å². The van der Waals surface area contributed by atoms with Gasteiger partial charge in [0.15, 0.2) is 5.82 Å². The molecule has 1 aromatic heterocycles. The van der Waals surface area contributed by atoms with Gasteiger partial charge in [-0.2, -0.15) is 0 Å². The molecule has 0 aliphatic carbocycles. The van der Waals surface area contributed by atoms with Gasteiger partial charge in [-0.1, -0.05) is 29.3 Å². The highest BCUT2D eigenvalue weighted by molar-refractivity contribution is 6.31. The van der Waals surface area contributed by atoms with Crippen molar-refractivity contribution in [2.75, 3.05) is 56.2 Å². The van der Waals surface area contributed by atoms with Crippen LogP contribution in [0.15, 0.2) is 36.5 Å². The lowest BCUT2D eigenvalue weighted by Gasteiger charge is -2.35. The van der Waals surface area contributed by atoms with Crippen LogP contribution >= 0.6 is 23.2 Å². The van der Waals surface area contributed by atoms with E-state index >= 15 is 0 Å². The number of amides is 1. The van der Waals surface area contributed by atoms with E-state index < -0.39 is 0 Å². The van der Waals surface area contributed by atoms with E-state index in [1.807, 2.05) is 0 Å². The minimum atomic E-state index is -0.229. The quantitative estimate of drug-likeness (QED) is 0.680. The zero-order valence-electron chi connectivity index (χ0n) is 17.5. The summed E-state index contributed by atoms with van der Waals surface area (Å²) in [6.45, 7) is 6.78. The van der Waals surface area contributed by atoms with E-state index in [-0.39, 0.29) is 5.91 Å². The molecular formula is C23H28Cl2N4O2. The van der Waals surface area contributed by atoms with Crippen molar-refractivity contribution < 1.29 is 9.53 Å². The minimum absolute atomic E-state index is 0.229. The molecular weight excluding hydrogens is 435 g/mol. The molecule has 31 heavy (non-hydrogen) atoms. The van der Waals surface area contributed by atoms with Crippen molar-refractivity contribution in [2.45, 2.75) is 19.3 Å². The number of nitrogens with zero attached hydrogens (tertiary/aromatic N) is 3. The first-order valence-electron chi connectivity index (χ1n) is 10.9. The maximum Gasteiger partial charge on any atom is 0.255 e. The van der Waals surface area contributed by atoms with Crippen LogP contribution in [0.3, 0.4) is 0 Å². The lowest BCUT2D eigenvalue weighted by Crippen LogP contribution is -2.39. The van der Waals surface area contributed by atoms with Gasteiger partial charge in [-0.05, 0) is 56.0 Å². The van der Waals surface area contributed by atoms with Gasteiger partial charge in [0, 0.05) is 43.0 Å². The second kappa shape index (κ2) is 10.6. The predicted molar refractivity (Wildman–Crippen MR) is 125 cm³/mol. The molecule has 2 aromatic rings. The van der Waals surface area contributed by atoms with E-state index in [9.17, 15) is 4.79 Å². The number of pyridine rings is 1. The molecule has 2 saturated heterocycles. The molecule has 1 N–H and O–H groups in total. The molecule has 0 radical (unpaired) electrons. The number of nitrogens with one attached hydrogen (secondary N) is 1. The lowest BCUT2D eigenvalue weighted by molar-refractivity contribution is 0.0349. The summed E-state index contributed by atoms with van der Waals surface area (Å²) in [5, 5.41) is 3.98. The number of carbonyl (C=O) groups excluding carboxylic acids is 1. The van der Waals surface area contributed by atoms with Crippen molar-refractivity contribution in [3.8, 4) is 0 Å². The summed E-state index contributed by atoms with van der Waals surface area (Å²) in [4.78, 5) is 22.0. The first kappa shape index (κ1) is 22.3. The molecule has 3 heterocycles. The third kappa shape index (κ3) is 6.10. The van der Waals surface area contributed by atoms with E-state index in [1.165, 1.54) is 6.42 Å². The van der Waals surface area contributed by atoms with Crippen LogP contribution in [0.5, 0.6) is 0 Å². The first-order chi connectivity index (χ1) is 15.1. The molecule has 2 aliphatic heterocycles. The Morgan fingerprint density at radius 1 is 1.10 bits per heavy atom. The van der Waals surface area contributed by atoms with Gasteiger partial charge in [0.1, 0.15) is 0 Å². The molecule has 0 saturated carbocycles. The molecule has 0 spiro atoms. The van der Waals surface area contributed by atoms with Crippen LogP contribution in [0.2, 0.25) is 10.0 Å². The molecule has 1 aromatic carbocycles. The number of carbonyl (C=O) groups is 1. The molecule has 2 fully saturated rings.